The molecule has 3 nitrogen and oxygen atoms in total. The summed E-state index contributed by atoms with van der Waals surface area (Å²) in [7, 11) is 0. The Morgan fingerprint density at radius 1 is 0.792 bits per heavy atom. The Bertz CT molecular complexity index is 889. The molecule has 24 heavy (non-hydrogen) atoms. The fourth-order valence-corrected chi connectivity index (χ4v) is 3.13. The minimum atomic E-state index is -0.847. The second-order valence-electron chi connectivity index (χ2n) is 6.11. The topological polar surface area (TPSA) is 29.0 Å². The summed E-state index contributed by atoms with van der Waals surface area (Å²) in [5, 5.41) is 0. The highest BCUT2D eigenvalue weighted by Crippen LogP contribution is 2.26. The van der Waals surface area contributed by atoms with Gasteiger partial charge in [-0.1, -0.05) is 12.1 Å². The SMILES string of the molecule is Fc1ccc(-c2ccc3ncc(N4CCCCC4)nc3c2)cc1F. The van der Waals surface area contributed by atoms with E-state index in [1.807, 2.05) is 24.4 Å². The summed E-state index contributed by atoms with van der Waals surface area (Å²) in [5.74, 6) is -0.808. The first-order valence-electron chi connectivity index (χ1n) is 8.18. The molecule has 0 bridgehead atoms. The van der Waals surface area contributed by atoms with Gasteiger partial charge in [0.1, 0.15) is 5.82 Å². The third-order valence-corrected chi connectivity index (χ3v) is 4.46. The number of nitrogens with zero attached hydrogens (tertiary/aromatic N) is 3. The van der Waals surface area contributed by atoms with Gasteiger partial charge in [-0.15, -0.1) is 0 Å². The first-order chi connectivity index (χ1) is 11.7. The molecule has 122 valence electrons. The predicted octanol–water partition coefficient (Wildman–Crippen LogP) is 4.57. The fraction of sp³-hybridized carbons (Fsp3) is 0.263. The fourth-order valence-electron chi connectivity index (χ4n) is 3.13. The zero-order valence-electron chi connectivity index (χ0n) is 13.2. The zero-order valence-corrected chi connectivity index (χ0v) is 13.2. The molecule has 2 heterocycles. The lowest BCUT2D eigenvalue weighted by atomic mass is 10.0. The van der Waals surface area contributed by atoms with Crippen molar-refractivity contribution in [1.29, 1.82) is 0 Å². The Labute approximate surface area is 139 Å². The molecule has 5 heteroatoms. The lowest BCUT2D eigenvalue weighted by Crippen LogP contribution is -2.30. The van der Waals surface area contributed by atoms with Crippen LogP contribution in [0.1, 0.15) is 19.3 Å². The van der Waals surface area contributed by atoms with Crippen molar-refractivity contribution in [2.24, 2.45) is 0 Å². The number of fused-ring (bicyclic) bond motifs is 1. The molecule has 0 spiro atoms. The van der Waals surface area contributed by atoms with E-state index >= 15 is 0 Å². The van der Waals surface area contributed by atoms with Crippen molar-refractivity contribution < 1.29 is 8.78 Å². The molecule has 0 saturated carbocycles. The maximum atomic E-state index is 13.5. The summed E-state index contributed by atoms with van der Waals surface area (Å²) in [4.78, 5) is 11.5. The molecule has 0 unspecified atom stereocenters. The molecule has 1 fully saturated rings. The number of piperidine rings is 1. The van der Waals surface area contributed by atoms with Gasteiger partial charge < -0.3 is 4.90 Å². The Morgan fingerprint density at radius 3 is 2.33 bits per heavy atom. The second kappa shape index (κ2) is 6.15. The van der Waals surface area contributed by atoms with Gasteiger partial charge in [0.15, 0.2) is 11.6 Å². The van der Waals surface area contributed by atoms with Crippen molar-refractivity contribution >= 4 is 16.9 Å². The first kappa shape index (κ1) is 15.0. The van der Waals surface area contributed by atoms with Crippen LogP contribution in [0, 0.1) is 11.6 Å². The molecule has 1 aliphatic rings. The summed E-state index contributed by atoms with van der Waals surface area (Å²) in [6.07, 6.45) is 5.42. The number of halogens is 2. The minimum absolute atomic E-state index is 0.626. The van der Waals surface area contributed by atoms with Gasteiger partial charge in [-0.2, -0.15) is 0 Å². The molecule has 1 aliphatic heterocycles. The average molecular weight is 325 g/mol. The Balaban J connectivity index is 1.74. The van der Waals surface area contributed by atoms with E-state index in [0.29, 0.717) is 5.56 Å². The monoisotopic (exact) mass is 325 g/mol. The van der Waals surface area contributed by atoms with Crippen LogP contribution in [0.25, 0.3) is 22.2 Å². The molecule has 0 N–H and O–H groups in total. The largest absolute Gasteiger partial charge is 0.355 e. The van der Waals surface area contributed by atoms with Crippen LogP contribution in [0.3, 0.4) is 0 Å². The van der Waals surface area contributed by atoms with Gasteiger partial charge in [0.2, 0.25) is 0 Å². The van der Waals surface area contributed by atoms with E-state index in [-0.39, 0.29) is 0 Å². The maximum absolute atomic E-state index is 13.5. The second-order valence-corrected chi connectivity index (χ2v) is 6.11. The summed E-state index contributed by atoms with van der Waals surface area (Å²) >= 11 is 0. The molecule has 0 amide bonds. The highest BCUT2D eigenvalue weighted by molar-refractivity contribution is 5.82. The number of hydrogen-bond acceptors (Lipinski definition) is 3. The number of anilines is 1. The summed E-state index contributed by atoms with van der Waals surface area (Å²) in [6, 6.07) is 9.51. The molecular formula is C19H17F2N3. The van der Waals surface area contributed by atoms with Gasteiger partial charge in [-0.05, 0) is 54.7 Å². The first-order valence-corrected chi connectivity index (χ1v) is 8.18. The van der Waals surface area contributed by atoms with E-state index < -0.39 is 11.6 Å². The van der Waals surface area contributed by atoms with E-state index in [1.54, 1.807) is 6.07 Å². The molecule has 1 saturated heterocycles. The number of hydrogen-bond donors (Lipinski definition) is 0. The summed E-state index contributed by atoms with van der Waals surface area (Å²) < 4.78 is 26.6. The van der Waals surface area contributed by atoms with Crippen LogP contribution >= 0.6 is 0 Å². The maximum Gasteiger partial charge on any atom is 0.159 e. The van der Waals surface area contributed by atoms with Crippen molar-refractivity contribution in [1.82, 2.24) is 9.97 Å². The Hall–Kier alpha value is -2.56. The van der Waals surface area contributed by atoms with E-state index in [9.17, 15) is 8.78 Å². The molecule has 0 atom stereocenters. The standard InChI is InChI=1S/C19H17F2N3/c20-15-6-4-13(10-16(15)21)14-5-7-17-18(11-14)23-19(12-22-17)24-8-2-1-3-9-24/h4-7,10-12H,1-3,8-9H2. The quantitative estimate of drug-likeness (QED) is 0.691. The minimum Gasteiger partial charge on any atom is -0.355 e. The highest BCUT2D eigenvalue weighted by Gasteiger charge is 2.13. The molecule has 3 aromatic rings. The van der Waals surface area contributed by atoms with Crippen molar-refractivity contribution in [2.45, 2.75) is 19.3 Å². The van der Waals surface area contributed by atoms with E-state index in [0.717, 1.165) is 41.6 Å². The van der Waals surface area contributed by atoms with Crippen LogP contribution in [-0.2, 0) is 0 Å². The van der Waals surface area contributed by atoms with Gasteiger partial charge in [0.05, 0.1) is 17.2 Å². The molecule has 4 rings (SSSR count). The molecule has 2 aromatic carbocycles. The van der Waals surface area contributed by atoms with Crippen molar-refractivity contribution in [2.75, 3.05) is 18.0 Å². The average Bonchev–Trinajstić information content (AvgIpc) is 2.64. The Morgan fingerprint density at radius 2 is 1.54 bits per heavy atom. The third-order valence-electron chi connectivity index (χ3n) is 4.46. The van der Waals surface area contributed by atoms with Gasteiger partial charge in [0.25, 0.3) is 0 Å². The van der Waals surface area contributed by atoms with Crippen LogP contribution < -0.4 is 4.90 Å². The molecular weight excluding hydrogens is 308 g/mol. The van der Waals surface area contributed by atoms with Crippen LogP contribution in [0.4, 0.5) is 14.6 Å². The van der Waals surface area contributed by atoms with E-state index in [2.05, 4.69) is 9.88 Å². The van der Waals surface area contributed by atoms with E-state index in [1.165, 1.54) is 25.3 Å². The number of benzene rings is 2. The van der Waals surface area contributed by atoms with Crippen molar-refractivity contribution in [3.63, 3.8) is 0 Å². The summed E-state index contributed by atoms with van der Waals surface area (Å²) in [5.41, 5.74) is 2.98. The number of rotatable bonds is 2. The van der Waals surface area contributed by atoms with Crippen LogP contribution in [-0.4, -0.2) is 23.1 Å². The number of aromatic nitrogens is 2. The van der Waals surface area contributed by atoms with E-state index in [4.69, 9.17) is 4.98 Å². The Kier molecular flexibility index (Phi) is 3.84. The van der Waals surface area contributed by atoms with Gasteiger partial charge in [-0.3, -0.25) is 4.98 Å². The molecule has 0 aliphatic carbocycles. The van der Waals surface area contributed by atoms with Crippen LogP contribution in [0.5, 0.6) is 0 Å². The molecule has 0 radical (unpaired) electrons. The van der Waals surface area contributed by atoms with Crippen LogP contribution in [0.2, 0.25) is 0 Å². The normalized spacial score (nSPS) is 15.0. The van der Waals surface area contributed by atoms with Crippen molar-refractivity contribution in [3.8, 4) is 11.1 Å². The lowest BCUT2D eigenvalue weighted by molar-refractivity contribution is 0.509. The molecule has 1 aromatic heterocycles. The van der Waals surface area contributed by atoms with Gasteiger partial charge in [-0.25, -0.2) is 13.8 Å². The van der Waals surface area contributed by atoms with Crippen LogP contribution in [0.15, 0.2) is 42.6 Å². The predicted molar refractivity (Wildman–Crippen MR) is 91.0 cm³/mol. The smallest absolute Gasteiger partial charge is 0.159 e. The third kappa shape index (κ3) is 2.82. The summed E-state index contributed by atoms with van der Waals surface area (Å²) in [6.45, 7) is 2.01. The zero-order chi connectivity index (χ0) is 16.5. The van der Waals surface area contributed by atoms with Gasteiger partial charge in [0, 0.05) is 13.1 Å². The highest BCUT2D eigenvalue weighted by atomic mass is 19.2. The van der Waals surface area contributed by atoms with Gasteiger partial charge >= 0.3 is 0 Å². The van der Waals surface area contributed by atoms with Crippen molar-refractivity contribution in [3.05, 3.63) is 54.2 Å². The lowest BCUT2D eigenvalue weighted by Gasteiger charge is -2.27.